The van der Waals surface area contributed by atoms with Crippen molar-refractivity contribution in [3.05, 3.63) is 184 Å². The molecule has 5 aliphatic carbocycles. The molecular weight excluding hydrogens is 629 g/mol. The highest BCUT2D eigenvalue weighted by molar-refractivity contribution is 5.88. The van der Waals surface area contributed by atoms with Crippen molar-refractivity contribution < 1.29 is 0 Å². The molecule has 0 fully saturated rings. The predicted molar refractivity (Wildman–Crippen MR) is 220 cm³/mol. The summed E-state index contributed by atoms with van der Waals surface area (Å²) in [5.74, 6) is 0.775. The van der Waals surface area contributed by atoms with Gasteiger partial charge in [-0.25, -0.2) is 0 Å². The Morgan fingerprint density at radius 3 is 2.10 bits per heavy atom. The van der Waals surface area contributed by atoms with Gasteiger partial charge < -0.3 is 9.80 Å². The standard InChI is InChI=1S/C50H50N2/c1-33-27-39(51(35-19-11-7-12-20-35)36-21-13-8-14-22-36)29-45-47(33)41-31-44-42(32-43(41)49(45,3)4)48-34(2)28-40(30-46(48)50(44,5)6)52(37-23-15-9-16-24-37)38-25-17-10-18-26-38/h7-17,19-23,25,27-32,37,46,48H,18,24,26H2,1-6H3. The molecule has 0 N–H and O–H groups in total. The second kappa shape index (κ2) is 12.3. The fraction of sp³-hybridized carbons (Fsp3) is 0.280. The molecule has 4 aromatic carbocycles. The van der Waals surface area contributed by atoms with Gasteiger partial charge in [-0.15, -0.1) is 0 Å². The van der Waals surface area contributed by atoms with E-state index in [9.17, 15) is 0 Å². The van der Waals surface area contributed by atoms with Crippen LogP contribution in [-0.2, 0) is 10.8 Å². The molecule has 4 aromatic rings. The minimum Gasteiger partial charge on any atom is -0.338 e. The maximum absolute atomic E-state index is 2.65. The Morgan fingerprint density at radius 2 is 1.44 bits per heavy atom. The van der Waals surface area contributed by atoms with Crippen LogP contribution < -0.4 is 4.90 Å². The number of para-hydroxylation sites is 2. The summed E-state index contributed by atoms with van der Waals surface area (Å²) in [4.78, 5) is 5.05. The third-order valence-electron chi connectivity index (χ3n) is 12.7. The van der Waals surface area contributed by atoms with Gasteiger partial charge in [0.05, 0.1) is 6.04 Å². The Bertz CT molecular complexity index is 2220. The first-order valence-electron chi connectivity index (χ1n) is 19.3. The zero-order valence-corrected chi connectivity index (χ0v) is 31.5. The molecule has 0 aromatic heterocycles. The molecule has 2 heteroatoms. The van der Waals surface area contributed by atoms with Gasteiger partial charge in [-0.1, -0.05) is 118 Å². The summed E-state index contributed by atoms with van der Waals surface area (Å²) in [7, 11) is 0. The van der Waals surface area contributed by atoms with E-state index in [-0.39, 0.29) is 10.8 Å². The fourth-order valence-corrected chi connectivity index (χ4v) is 10.1. The van der Waals surface area contributed by atoms with E-state index in [2.05, 4.69) is 191 Å². The number of allylic oxidation sites excluding steroid dienone is 9. The van der Waals surface area contributed by atoms with Crippen LogP contribution in [0.1, 0.15) is 87.6 Å². The quantitative estimate of drug-likeness (QED) is 0.200. The molecule has 0 saturated carbocycles. The maximum atomic E-state index is 2.65. The number of rotatable bonds is 6. The third-order valence-corrected chi connectivity index (χ3v) is 12.7. The van der Waals surface area contributed by atoms with Gasteiger partial charge in [-0.3, -0.25) is 0 Å². The average Bonchev–Trinajstić information content (AvgIpc) is 3.52. The summed E-state index contributed by atoms with van der Waals surface area (Å²) in [6, 6.07) is 32.0. The van der Waals surface area contributed by atoms with Crippen molar-refractivity contribution in [2.24, 2.45) is 5.92 Å². The van der Waals surface area contributed by atoms with E-state index in [0.29, 0.717) is 17.9 Å². The first-order valence-corrected chi connectivity index (χ1v) is 19.3. The first kappa shape index (κ1) is 32.8. The number of aryl methyl sites for hydroxylation is 1. The second-order valence-corrected chi connectivity index (χ2v) is 16.6. The SMILES string of the molecule is CC1=CC(N(C2=CC=CCC2)C2C=CC=CC2)=CC2C1c1cc3c(cc1C2(C)C)-c1c(C)cc(N(c2ccccc2)c2ccccc2)cc1C3(C)C. The molecule has 0 saturated heterocycles. The van der Waals surface area contributed by atoms with Crippen LogP contribution in [0, 0.1) is 12.8 Å². The van der Waals surface area contributed by atoms with Crippen LogP contribution in [0.25, 0.3) is 11.1 Å². The monoisotopic (exact) mass is 678 g/mol. The maximum Gasteiger partial charge on any atom is 0.0556 e. The van der Waals surface area contributed by atoms with E-state index in [1.807, 2.05) is 0 Å². The summed E-state index contributed by atoms with van der Waals surface area (Å²) in [6.07, 6.45) is 24.4. The minimum absolute atomic E-state index is 0.0111. The molecule has 0 heterocycles. The van der Waals surface area contributed by atoms with E-state index in [4.69, 9.17) is 0 Å². The summed E-state index contributed by atoms with van der Waals surface area (Å²) in [6.45, 7) is 14.6. The number of hydrogen-bond acceptors (Lipinski definition) is 2. The second-order valence-electron chi connectivity index (χ2n) is 16.6. The van der Waals surface area contributed by atoms with Crippen LogP contribution in [0.5, 0.6) is 0 Å². The van der Waals surface area contributed by atoms with Gasteiger partial charge >= 0.3 is 0 Å². The zero-order valence-electron chi connectivity index (χ0n) is 31.5. The lowest BCUT2D eigenvalue weighted by Gasteiger charge is -2.40. The molecule has 0 aliphatic heterocycles. The van der Waals surface area contributed by atoms with Gasteiger partial charge in [0.2, 0.25) is 0 Å². The summed E-state index contributed by atoms with van der Waals surface area (Å²) >= 11 is 0. The highest BCUT2D eigenvalue weighted by atomic mass is 15.2. The van der Waals surface area contributed by atoms with E-state index in [0.717, 1.165) is 19.3 Å². The summed E-state index contributed by atoms with van der Waals surface area (Å²) < 4.78 is 0. The van der Waals surface area contributed by atoms with Gasteiger partial charge in [0.1, 0.15) is 0 Å². The van der Waals surface area contributed by atoms with Crippen molar-refractivity contribution in [1.29, 1.82) is 0 Å². The molecule has 260 valence electrons. The molecule has 3 unspecified atom stereocenters. The minimum atomic E-state index is -0.131. The smallest absolute Gasteiger partial charge is 0.0556 e. The van der Waals surface area contributed by atoms with Crippen LogP contribution in [-0.4, -0.2) is 10.9 Å². The molecule has 2 nitrogen and oxygen atoms in total. The molecule has 5 aliphatic rings. The molecule has 0 amide bonds. The van der Waals surface area contributed by atoms with Crippen molar-refractivity contribution in [3.63, 3.8) is 0 Å². The molecule has 3 atom stereocenters. The number of fused-ring (bicyclic) bond motifs is 6. The lowest BCUT2D eigenvalue weighted by atomic mass is 9.71. The first-order chi connectivity index (χ1) is 25.1. The lowest BCUT2D eigenvalue weighted by Crippen LogP contribution is -2.36. The van der Waals surface area contributed by atoms with Gasteiger partial charge in [-0.2, -0.15) is 0 Å². The zero-order chi connectivity index (χ0) is 35.8. The Balaban J connectivity index is 1.15. The van der Waals surface area contributed by atoms with Crippen LogP contribution in [0.2, 0.25) is 0 Å². The Labute approximate surface area is 310 Å². The van der Waals surface area contributed by atoms with E-state index in [1.165, 1.54) is 73.0 Å². The molecule has 0 spiro atoms. The van der Waals surface area contributed by atoms with Gasteiger partial charge in [0.25, 0.3) is 0 Å². The molecular formula is C50H50N2. The van der Waals surface area contributed by atoms with Crippen molar-refractivity contribution in [1.82, 2.24) is 4.90 Å². The molecule has 0 radical (unpaired) electrons. The Kier molecular flexibility index (Phi) is 7.74. The number of nitrogens with zero attached hydrogens (tertiary/aromatic N) is 2. The van der Waals surface area contributed by atoms with Crippen molar-refractivity contribution in [3.8, 4) is 11.1 Å². The van der Waals surface area contributed by atoms with Crippen molar-refractivity contribution >= 4 is 17.1 Å². The third kappa shape index (κ3) is 5.06. The largest absolute Gasteiger partial charge is 0.338 e. The predicted octanol–water partition coefficient (Wildman–Crippen LogP) is 13.0. The lowest BCUT2D eigenvalue weighted by molar-refractivity contribution is 0.331. The van der Waals surface area contributed by atoms with E-state index in [1.54, 1.807) is 0 Å². The molecule has 52 heavy (non-hydrogen) atoms. The summed E-state index contributed by atoms with van der Waals surface area (Å²) in [5, 5.41) is 0. The van der Waals surface area contributed by atoms with Gasteiger partial charge in [-0.05, 0) is 138 Å². The number of anilines is 3. The van der Waals surface area contributed by atoms with Crippen molar-refractivity contribution in [2.45, 2.75) is 83.6 Å². The highest BCUT2D eigenvalue weighted by Crippen LogP contribution is 2.61. The number of benzene rings is 4. The average molecular weight is 679 g/mol. The Morgan fingerprint density at radius 1 is 0.712 bits per heavy atom. The topological polar surface area (TPSA) is 6.48 Å². The van der Waals surface area contributed by atoms with E-state index >= 15 is 0 Å². The normalized spacial score (nSPS) is 22.8. The Hall–Kier alpha value is -5.08. The van der Waals surface area contributed by atoms with Crippen molar-refractivity contribution in [2.75, 3.05) is 4.90 Å². The number of hydrogen-bond donors (Lipinski definition) is 0. The molecule has 0 bridgehead atoms. The molecule has 9 rings (SSSR count). The van der Waals surface area contributed by atoms with Gasteiger partial charge in [0, 0.05) is 39.8 Å². The summed E-state index contributed by atoms with van der Waals surface area (Å²) in [5.41, 5.74) is 17.8. The van der Waals surface area contributed by atoms with E-state index < -0.39 is 0 Å². The van der Waals surface area contributed by atoms with Gasteiger partial charge in [0.15, 0.2) is 0 Å². The highest BCUT2D eigenvalue weighted by Gasteiger charge is 2.50. The van der Waals surface area contributed by atoms with Crippen LogP contribution in [0.15, 0.2) is 157 Å². The fourth-order valence-electron chi connectivity index (χ4n) is 10.1. The van der Waals surface area contributed by atoms with Crippen LogP contribution in [0.4, 0.5) is 17.1 Å². The van der Waals surface area contributed by atoms with Crippen LogP contribution in [0.3, 0.4) is 0 Å². The van der Waals surface area contributed by atoms with Crippen LogP contribution >= 0.6 is 0 Å².